The Morgan fingerprint density at radius 3 is 2.70 bits per heavy atom. The van der Waals surface area contributed by atoms with E-state index in [1.54, 1.807) is 30.8 Å². The van der Waals surface area contributed by atoms with Crippen molar-refractivity contribution in [3.8, 4) is 11.6 Å². The quantitative estimate of drug-likeness (QED) is 0.887. The zero-order valence-electron chi connectivity index (χ0n) is 13.9. The molecule has 0 atom stereocenters. The first-order chi connectivity index (χ1) is 11.0. The van der Waals surface area contributed by atoms with Gasteiger partial charge in [0.1, 0.15) is 18.0 Å². The molecule has 2 amide bonds. The Labute approximate surface area is 135 Å². The summed E-state index contributed by atoms with van der Waals surface area (Å²) >= 11 is 0. The predicted octanol–water partition coefficient (Wildman–Crippen LogP) is 2.28. The minimum Gasteiger partial charge on any atom is -0.492 e. The fourth-order valence-electron chi connectivity index (χ4n) is 2.14. The average molecular weight is 318 g/mol. The number of ether oxygens (including phenoxy) is 2. The van der Waals surface area contributed by atoms with E-state index in [2.05, 4.69) is 10.4 Å². The summed E-state index contributed by atoms with van der Waals surface area (Å²) in [7, 11) is 5.02. The van der Waals surface area contributed by atoms with Gasteiger partial charge in [0.25, 0.3) is 0 Å². The Balaban J connectivity index is 1.88. The monoisotopic (exact) mass is 318 g/mol. The van der Waals surface area contributed by atoms with Crippen molar-refractivity contribution in [3.05, 3.63) is 36.0 Å². The van der Waals surface area contributed by atoms with Crippen LogP contribution in [0.25, 0.3) is 0 Å². The Morgan fingerprint density at radius 2 is 2.04 bits per heavy atom. The second-order valence-corrected chi connectivity index (χ2v) is 5.11. The van der Waals surface area contributed by atoms with E-state index in [1.165, 1.54) is 0 Å². The summed E-state index contributed by atoms with van der Waals surface area (Å²) in [6, 6.07) is 9.26. The highest BCUT2D eigenvalue weighted by Gasteiger charge is 2.18. The van der Waals surface area contributed by atoms with Crippen LogP contribution in [0.1, 0.15) is 5.69 Å². The van der Waals surface area contributed by atoms with Crippen molar-refractivity contribution in [2.45, 2.75) is 6.92 Å². The molecule has 2 rings (SSSR count). The average Bonchev–Trinajstić information content (AvgIpc) is 2.81. The summed E-state index contributed by atoms with van der Waals surface area (Å²) in [5, 5.41) is 7.05. The molecule has 0 fully saturated rings. The van der Waals surface area contributed by atoms with Crippen molar-refractivity contribution in [2.24, 2.45) is 7.05 Å². The normalized spacial score (nSPS) is 10.3. The summed E-state index contributed by atoms with van der Waals surface area (Å²) in [6.45, 7) is 2.69. The number of nitrogens with one attached hydrogen (secondary N) is 1. The molecule has 7 nitrogen and oxygen atoms in total. The van der Waals surface area contributed by atoms with Gasteiger partial charge in [-0.25, -0.2) is 9.48 Å². The number of aryl methyl sites for hydroxylation is 2. The van der Waals surface area contributed by atoms with Crippen molar-refractivity contribution in [1.82, 2.24) is 14.7 Å². The molecule has 124 valence electrons. The number of carbonyl (C=O) groups is 1. The van der Waals surface area contributed by atoms with Crippen LogP contribution in [-0.2, 0) is 7.05 Å². The molecule has 0 aliphatic carbocycles. The predicted molar refractivity (Wildman–Crippen MR) is 88.1 cm³/mol. The molecule has 0 aliphatic rings. The van der Waals surface area contributed by atoms with Gasteiger partial charge in [-0.05, 0) is 19.1 Å². The fourth-order valence-corrected chi connectivity index (χ4v) is 2.14. The minimum atomic E-state index is -0.240. The van der Waals surface area contributed by atoms with Gasteiger partial charge >= 0.3 is 6.03 Å². The highest BCUT2D eigenvalue weighted by molar-refractivity contribution is 5.91. The number of nitrogens with zero attached hydrogens (tertiary/aromatic N) is 3. The molecule has 23 heavy (non-hydrogen) atoms. The molecule has 1 N–H and O–H groups in total. The summed E-state index contributed by atoms with van der Waals surface area (Å²) in [4.78, 5) is 13.8. The van der Waals surface area contributed by atoms with Gasteiger partial charge in [-0.2, -0.15) is 5.10 Å². The molecule has 7 heteroatoms. The van der Waals surface area contributed by atoms with Gasteiger partial charge in [0.15, 0.2) is 0 Å². The third-order valence-corrected chi connectivity index (χ3v) is 3.38. The van der Waals surface area contributed by atoms with Gasteiger partial charge in [-0.15, -0.1) is 0 Å². The van der Waals surface area contributed by atoms with Gasteiger partial charge in [-0.3, -0.25) is 0 Å². The summed E-state index contributed by atoms with van der Waals surface area (Å²) in [5.74, 6) is 1.30. The van der Waals surface area contributed by atoms with Gasteiger partial charge in [0.2, 0.25) is 5.88 Å². The van der Waals surface area contributed by atoms with Crippen LogP contribution in [0.4, 0.5) is 10.5 Å². The maximum atomic E-state index is 12.3. The number of benzene rings is 1. The van der Waals surface area contributed by atoms with Crippen LogP contribution >= 0.6 is 0 Å². The highest BCUT2D eigenvalue weighted by atomic mass is 16.5. The van der Waals surface area contributed by atoms with E-state index >= 15 is 0 Å². The van der Waals surface area contributed by atoms with Crippen LogP contribution < -0.4 is 14.8 Å². The van der Waals surface area contributed by atoms with E-state index < -0.39 is 0 Å². The van der Waals surface area contributed by atoms with E-state index in [0.717, 1.165) is 5.75 Å². The standard InChI is InChI=1S/C16H22N4O3/c1-12-14(15(22-4)20(3)18-12)17-16(21)19(2)10-11-23-13-8-6-5-7-9-13/h5-9H,10-11H2,1-4H3,(H,17,21). The van der Waals surface area contributed by atoms with E-state index in [0.29, 0.717) is 30.4 Å². The molecule has 1 aromatic heterocycles. The second kappa shape index (κ2) is 7.53. The molecule has 0 saturated heterocycles. The first-order valence-corrected chi connectivity index (χ1v) is 7.30. The SMILES string of the molecule is COc1c(NC(=O)N(C)CCOc2ccccc2)c(C)nn1C. The van der Waals surface area contributed by atoms with E-state index in [-0.39, 0.29) is 6.03 Å². The molecule has 0 saturated carbocycles. The molecule has 1 heterocycles. The van der Waals surface area contributed by atoms with Crippen molar-refractivity contribution in [2.75, 3.05) is 32.6 Å². The van der Waals surface area contributed by atoms with Gasteiger partial charge < -0.3 is 19.7 Å². The van der Waals surface area contributed by atoms with Crippen molar-refractivity contribution in [3.63, 3.8) is 0 Å². The van der Waals surface area contributed by atoms with Crippen LogP contribution in [0.3, 0.4) is 0 Å². The summed E-state index contributed by atoms with van der Waals surface area (Å²) < 4.78 is 12.4. The van der Waals surface area contributed by atoms with Crippen molar-refractivity contribution < 1.29 is 14.3 Å². The number of rotatable bonds is 6. The molecule has 0 bridgehead atoms. The lowest BCUT2D eigenvalue weighted by atomic mass is 10.3. The van der Waals surface area contributed by atoms with E-state index in [9.17, 15) is 4.79 Å². The maximum Gasteiger partial charge on any atom is 0.321 e. The molecule has 0 spiro atoms. The molecule has 0 aliphatic heterocycles. The number of hydrogen-bond donors (Lipinski definition) is 1. The third-order valence-electron chi connectivity index (χ3n) is 3.38. The Morgan fingerprint density at radius 1 is 1.35 bits per heavy atom. The van der Waals surface area contributed by atoms with Crippen LogP contribution in [0.5, 0.6) is 11.6 Å². The zero-order valence-corrected chi connectivity index (χ0v) is 13.9. The number of likely N-dealkylation sites (N-methyl/N-ethyl adjacent to an activating group) is 1. The zero-order chi connectivity index (χ0) is 16.8. The Hall–Kier alpha value is -2.70. The van der Waals surface area contributed by atoms with E-state index in [1.807, 2.05) is 37.3 Å². The lowest BCUT2D eigenvalue weighted by Gasteiger charge is -2.18. The number of urea groups is 1. The lowest BCUT2D eigenvalue weighted by molar-refractivity contribution is 0.207. The first-order valence-electron chi connectivity index (χ1n) is 7.30. The molecule has 0 unspecified atom stereocenters. The van der Waals surface area contributed by atoms with Gasteiger partial charge in [0, 0.05) is 14.1 Å². The number of anilines is 1. The van der Waals surface area contributed by atoms with Crippen LogP contribution in [0, 0.1) is 6.92 Å². The molecule has 2 aromatic rings. The van der Waals surface area contributed by atoms with Crippen molar-refractivity contribution >= 4 is 11.7 Å². The number of amides is 2. The fraction of sp³-hybridized carbons (Fsp3) is 0.375. The summed E-state index contributed by atoms with van der Waals surface area (Å²) in [5.41, 5.74) is 1.28. The summed E-state index contributed by atoms with van der Waals surface area (Å²) in [6.07, 6.45) is 0. The van der Waals surface area contributed by atoms with E-state index in [4.69, 9.17) is 9.47 Å². The number of para-hydroxylation sites is 1. The third kappa shape index (κ3) is 4.15. The molecule has 1 aromatic carbocycles. The van der Waals surface area contributed by atoms with Gasteiger partial charge in [0.05, 0.1) is 19.3 Å². The Bertz CT molecular complexity index is 655. The molecular weight excluding hydrogens is 296 g/mol. The number of carbonyl (C=O) groups excluding carboxylic acids is 1. The van der Waals surface area contributed by atoms with Crippen LogP contribution in [0.2, 0.25) is 0 Å². The maximum absolute atomic E-state index is 12.3. The van der Waals surface area contributed by atoms with Gasteiger partial charge in [-0.1, -0.05) is 18.2 Å². The number of hydrogen-bond acceptors (Lipinski definition) is 4. The molecular formula is C16H22N4O3. The largest absolute Gasteiger partial charge is 0.492 e. The van der Waals surface area contributed by atoms with Crippen molar-refractivity contribution in [1.29, 1.82) is 0 Å². The smallest absolute Gasteiger partial charge is 0.321 e. The lowest BCUT2D eigenvalue weighted by Crippen LogP contribution is -2.34. The highest BCUT2D eigenvalue weighted by Crippen LogP contribution is 2.27. The molecule has 0 radical (unpaired) electrons. The minimum absolute atomic E-state index is 0.240. The first kappa shape index (κ1) is 16.7. The topological polar surface area (TPSA) is 68.6 Å². The number of aromatic nitrogens is 2. The van der Waals surface area contributed by atoms with Crippen LogP contribution in [0.15, 0.2) is 30.3 Å². The second-order valence-electron chi connectivity index (χ2n) is 5.11. The Kier molecular flexibility index (Phi) is 5.46. The van der Waals surface area contributed by atoms with Crippen LogP contribution in [-0.4, -0.2) is 48.0 Å². The number of methoxy groups -OCH3 is 1.